The number of para-hydroxylation sites is 2. The second kappa shape index (κ2) is 6.74. The molecule has 1 fully saturated rings. The maximum atomic E-state index is 9.83. The van der Waals surface area contributed by atoms with Crippen molar-refractivity contribution >= 4 is 34.9 Å². The predicted octanol–water partition coefficient (Wildman–Crippen LogP) is 3.00. The van der Waals surface area contributed by atoms with Gasteiger partial charge in [-0.3, -0.25) is 4.40 Å². The predicted molar refractivity (Wildman–Crippen MR) is 104 cm³/mol. The number of benzene rings is 1. The lowest BCUT2D eigenvalue weighted by molar-refractivity contribution is 0.0760. The van der Waals surface area contributed by atoms with Gasteiger partial charge in [0.2, 0.25) is 0 Å². The Kier molecular flexibility index (Phi) is 4.39. The van der Waals surface area contributed by atoms with Crippen molar-refractivity contribution in [1.82, 2.24) is 9.38 Å². The lowest BCUT2D eigenvalue weighted by atomic mass is 10.0. The first-order chi connectivity index (χ1) is 12.8. The fourth-order valence-corrected chi connectivity index (χ4v) is 4.31. The first kappa shape index (κ1) is 17.6. The van der Waals surface area contributed by atoms with E-state index in [9.17, 15) is 10.5 Å². The Morgan fingerprint density at radius 3 is 2.78 bits per heavy atom. The van der Waals surface area contributed by atoms with Gasteiger partial charge in [0, 0.05) is 6.54 Å². The normalized spacial score (nSPS) is 18.7. The van der Waals surface area contributed by atoms with Gasteiger partial charge in [0.25, 0.3) is 0 Å². The van der Waals surface area contributed by atoms with Crippen LogP contribution in [0.25, 0.3) is 16.7 Å². The van der Waals surface area contributed by atoms with Gasteiger partial charge in [-0.15, -0.1) is 12.4 Å². The number of nitriles is 2. The highest BCUT2D eigenvalue weighted by Crippen LogP contribution is 2.38. The molecule has 0 bridgehead atoms. The molecule has 6 nitrogen and oxygen atoms in total. The Balaban J connectivity index is 0.00000180. The quantitative estimate of drug-likeness (QED) is 0.649. The van der Waals surface area contributed by atoms with E-state index in [1.54, 1.807) is 0 Å². The summed E-state index contributed by atoms with van der Waals surface area (Å²) >= 11 is 0. The number of imidazole rings is 1. The SMILES string of the molecule is Cl.N#Cc1c2c(c(N3CCOC(C#N)C3)n3c1nc1ccccc13)CCC2. The molecular weight excluding hydrogens is 362 g/mol. The van der Waals surface area contributed by atoms with E-state index in [-0.39, 0.29) is 12.4 Å². The molecule has 0 saturated carbocycles. The molecule has 3 aromatic rings. The molecule has 0 amide bonds. The van der Waals surface area contributed by atoms with Crippen LogP contribution in [0.2, 0.25) is 0 Å². The van der Waals surface area contributed by atoms with Gasteiger partial charge in [-0.2, -0.15) is 10.5 Å². The van der Waals surface area contributed by atoms with Crippen molar-refractivity contribution in [1.29, 1.82) is 10.5 Å². The maximum Gasteiger partial charge on any atom is 0.161 e. The summed E-state index contributed by atoms with van der Waals surface area (Å²) in [5.41, 5.74) is 5.68. The molecule has 2 aromatic heterocycles. The topological polar surface area (TPSA) is 77.4 Å². The minimum Gasteiger partial charge on any atom is -0.360 e. The number of pyridine rings is 1. The molecule has 27 heavy (non-hydrogen) atoms. The number of hydrogen-bond acceptors (Lipinski definition) is 5. The molecule has 5 rings (SSSR count). The molecule has 1 aliphatic carbocycles. The molecule has 136 valence electrons. The summed E-state index contributed by atoms with van der Waals surface area (Å²) in [5, 5.41) is 19.1. The number of hydrogen-bond donors (Lipinski definition) is 0. The maximum absolute atomic E-state index is 9.83. The van der Waals surface area contributed by atoms with E-state index in [1.165, 1.54) is 5.56 Å². The molecule has 1 saturated heterocycles. The minimum atomic E-state index is -0.429. The third-order valence-electron chi connectivity index (χ3n) is 5.41. The van der Waals surface area contributed by atoms with Crippen LogP contribution in [-0.4, -0.2) is 35.2 Å². The second-order valence-corrected chi connectivity index (χ2v) is 6.82. The van der Waals surface area contributed by atoms with Crippen LogP contribution in [0.5, 0.6) is 0 Å². The molecule has 0 radical (unpaired) electrons. The van der Waals surface area contributed by atoms with Crippen molar-refractivity contribution in [2.75, 3.05) is 24.6 Å². The van der Waals surface area contributed by atoms with Crippen molar-refractivity contribution in [2.24, 2.45) is 0 Å². The Labute approximate surface area is 163 Å². The number of nitrogens with zero attached hydrogens (tertiary/aromatic N) is 5. The lowest BCUT2D eigenvalue weighted by Gasteiger charge is -2.33. The highest BCUT2D eigenvalue weighted by Gasteiger charge is 2.30. The van der Waals surface area contributed by atoms with Crippen LogP contribution in [0, 0.1) is 22.7 Å². The zero-order valence-electron chi connectivity index (χ0n) is 14.7. The van der Waals surface area contributed by atoms with Crippen LogP contribution in [0.1, 0.15) is 23.1 Å². The largest absolute Gasteiger partial charge is 0.360 e. The molecule has 0 spiro atoms. The summed E-state index contributed by atoms with van der Waals surface area (Å²) in [6.07, 6.45) is 2.49. The van der Waals surface area contributed by atoms with Crippen molar-refractivity contribution in [3.05, 3.63) is 41.0 Å². The first-order valence-corrected chi connectivity index (χ1v) is 8.93. The van der Waals surface area contributed by atoms with Gasteiger partial charge in [-0.25, -0.2) is 4.98 Å². The van der Waals surface area contributed by atoms with E-state index in [1.807, 2.05) is 24.3 Å². The number of anilines is 1. The fourth-order valence-electron chi connectivity index (χ4n) is 4.31. The van der Waals surface area contributed by atoms with Crippen molar-refractivity contribution < 1.29 is 4.74 Å². The van der Waals surface area contributed by atoms with Crippen LogP contribution in [-0.2, 0) is 17.6 Å². The van der Waals surface area contributed by atoms with Gasteiger partial charge in [0.1, 0.15) is 11.9 Å². The van der Waals surface area contributed by atoms with Crippen LogP contribution in [0.15, 0.2) is 24.3 Å². The molecular formula is C20H18ClN5O. The average molecular weight is 380 g/mol. The summed E-state index contributed by atoms with van der Waals surface area (Å²) in [4.78, 5) is 7.02. The summed E-state index contributed by atoms with van der Waals surface area (Å²) in [5.74, 6) is 1.09. The molecule has 1 aliphatic heterocycles. The number of ether oxygens (including phenoxy) is 1. The van der Waals surface area contributed by atoms with Crippen LogP contribution < -0.4 is 4.90 Å². The van der Waals surface area contributed by atoms with Crippen molar-refractivity contribution in [3.8, 4) is 12.1 Å². The van der Waals surface area contributed by atoms with E-state index in [0.717, 1.165) is 53.9 Å². The van der Waals surface area contributed by atoms with E-state index in [0.29, 0.717) is 18.7 Å². The Bertz CT molecular complexity index is 1120. The van der Waals surface area contributed by atoms with Gasteiger partial charge in [0.05, 0.1) is 35.8 Å². The van der Waals surface area contributed by atoms with Crippen LogP contribution >= 0.6 is 12.4 Å². The van der Waals surface area contributed by atoms with E-state index >= 15 is 0 Å². The van der Waals surface area contributed by atoms with Crippen LogP contribution in [0.3, 0.4) is 0 Å². The van der Waals surface area contributed by atoms with Gasteiger partial charge < -0.3 is 9.64 Å². The first-order valence-electron chi connectivity index (χ1n) is 8.93. The summed E-state index contributed by atoms with van der Waals surface area (Å²) in [6.45, 7) is 1.80. The monoisotopic (exact) mass is 379 g/mol. The molecule has 1 unspecified atom stereocenters. The second-order valence-electron chi connectivity index (χ2n) is 6.82. The zero-order valence-corrected chi connectivity index (χ0v) is 15.5. The molecule has 1 aromatic carbocycles. The Morgan fingerprint density at radius 2 is 1.96 bits per heavy atom. The van der Waals surface area contributed by atoms with E-state index in [4.69, 9.17) is 9.72 Å². The number of rotatable bonds is 1. The van der Waals surface area contributed by atoms with Crippen LogP contribution in [0.4, 0.5) is 5.82 Å². The number of fused-ring (bicyclic) bond motifs is 4. The summed E-state index contributed by atoms with van der Waals surface area (Å²) < 4.78 is 7.67. The Morgan fingerprint density at radius 1 is 1.15 bits per heavy atom. The molecule has 3 heterocycles. The number of halogens is 1. The lowest BCUT2D eigenvalue weighted by Crippen LogP contribution is -2.43. The van der Waals surface area contributed by atoms with Gasteiger partial charge in [-0.05, 0) is 42.5 Å². The van der Waals surface area contributed by atoms with Crippen molar-refractivity contribution in [3.63, 3.8) is 0 Å². The van der Waals surface area contributed by atoms with Gasteiger partial charge in [0.15, 0.2) is 11.8 Å². The molecule has 7 heteroatoms. The highest BCUT2D eigenvalue weighted by atomic mass is 35.5. The zero-order chi connectivity index (χ0) is 17.7. The molecule has 1 atom stereocenters. The smallest absolute Gasteiger partial charge is 0.161 e. The average Bonchev–Trinajstić information content (AvgIpc) is 3.31. The minimum absolute atomic E-state index is 0. The molecule has 0 N–H and O–H groups in total. The third-order valence-corrected chi connectivity index (χ3v) is 5.41. The number of aromatic nitrogens is 2. The van der Waals surface area contributed by atoms with Gasteiger partial charge >= 0.3 is 0 Å². The standard InChI is InChI=1S/C20H17N5O.ClH/c21-10-13-12-24(8-9-26-13)20-15-5-3-4-14(15)16(11-22)19-23-17-6-1-2-7-18(17)25(19)20;/h1-2,6-7,13H,3-5,8-9,12H2;1H. The van der Waals surface area contributed by atoms with Crippen molar-refractivity contribution in [2.45, 2.75) is 25.4 Å². The Hall–Kier alpha value is -2.80. The van der Waals surface area contributed by atoms with E-state index < -0.39 is 6.10 Å². The fraction of sp³-hybridized carbons (Fsp3) is 0.350. The molecule has 2 aliphatic rings. The summed E-state index contributed by atoms with van der Waals surface area (Å²) in [6, 6.07) is 12.6. The highest BCUT2D eigenvalue weighted by molar-refractivity contribution is 5.86. The van der Waals surface area contributed by atoms with Gasteiger partial charge in [-0.1, -0.05) is 12.1 Å². The third kappa shape index (κ3) is 2.53. The number of morpholine rings is 1. The van der Waals surface area contributed by atoms with E-state index in [2.05, 4.69) is 21.4 Å². The summed E-state index contributed by atoms with van der Waals surface area (Å²) in [7, 11) is 0.